The van der Waals surface area contributed by atoms with Gasteiger partial charge in [0, 0.05) is 13.2 Å². The number of ether oxygens (including phenoxy) is 2. The van der Waals surface area contributed by atoms with E-state index in [2.05, 4.69) is 0 Å². The lowest BCUT2D eigenvalue weighted by atomic mass is 9.98. The number of para-hydroxylation sites is 1. The molecule has 1 aromatic heterocycles. The molecule has 35 heavy (non-hydrogen) atoms. The quantitative estimate of drug-likeness (QED) is 0.395. The Hall–Kier alpha value is -3.90. The predicted molar refractivity (Wildman–Crippen MR) is 132 cm³/mol. The molecular formula is C29H25NO5. The van der Waals surface area contributed by atoms with Crippen molar-refractivity contribution in [2.24, 2.45) is 0 Å². The second-order valence-electron chi connectivity index (χ2n) is 9.01. The standard InChI is InChI=1S/C29H25NO5/c31-27-23-13-4-5-14-24(23)35-28-25(27)26(30(29(28)32)17-22-12-7-15-33-22)20-10-6-11-21(16-20)34-18-19-8-2-1-3-9-19/h1-6,8-11,13-14,16,22,26H,7,12,15,17-18H2/t22-,26+/m0/s1. The maximum atomic E-state index is 13.6. The van der Waals surface area contributed by atoms with Crippen LogP contribution in [0, 0.1) is 0 Å². The summed E-state index contributed by atoms with van der Waals surface area (Å²) >= 11 is 0. The molecule has 6 rings (SSSR count). The van der Waals surface area contributed by atoms with E-state index < -0.39 is 6.04 Å². The van der Waals surface area contributed by atoms with E-state index in [9.17, 15) is 9.59 Å². The van der Waals surface area contributed by atoms with Gasteiger partial charge in [0.15, 0.2) is 5.43 Å². The second kappa shape index (κ2) is 9.04. The van der Waals surface area contributed by atoms with Crippen molar-refractivity contribution < 1.29 is 18.7 Å². The number of fused-ring (bicyclic) bond motifs is 2. The topological polar surface area (TPSA) is 69.0 Å². The molecule has 6 heteroatoms. The van der Waals surface area contributed by atoms with Crippen LogP contribution in [0.1, 0.15) is 46.1 Å². The zero-order valence-electron chi connectivity index (χ0n) is 19.2. The van der Waals surface area contributed by atoms with Crippen molar-refractivity contribution in [1.29, 1.82) is 0 Å². The van der Waals surface area contributed by atoms with Gasteiger partial charge in [0.05, 0.1) is 23.1 Å². The van der Waals surface area contributed by atoms with Gasteiger partial charge in [0.2, 0.25) is 5.76 Å². The molecule has 0 spiro atoms. The van der Waals surface area contributed by atoms with E-state index in [1.807, 2.05) is 54.6 Å². The van der Waals surface area contributed by atoms with Gasteiger partial charge in [-0.25, -0.2) is 0 Å². The van der Waals surface area contributed by atoms with Crippen molar-refractivity contribution in [3.63, 3.8) is 0 Å². The molecule has 3 aromatic carbocycles. The molecule has 1 amide bonds. The van der Waals surface area contributed by atoms with Crippen LogP contribution < -0.4 is 10.2 Å². The summed E-state index contributed by atoms with van der Waals surface area (Å²) in [6.07, 6.45) is 1.79. The zero-order valence-corrected chi connectivity index (χ0v) is 19.2. The number of rotatable bonds is 6. The number of nitrogens with zero attached hydrogens (tertiary/aromatic N) is 1. The number of hydrogen-bond acceptors (Lipinski definition) is 5. The monoisotopic (exact) mass is 467 g/mol. The molecule has 2 aliphatic rings. The first-order valence-electron chi connectivity index (χ1n) is 11.9. The maximum absolute atomic E-state index is 13.6. The van der Waals surface area contributed by atoms with E-state index in [0.717, 1.165) is 24.0 Å². The van der Waals surface area contributed by atoms with E-state index in [1.165, 1.54) is 0 Å². The van der Waals surface area contributed by atoms with Crippen LogP contribution in [0.5, 0.6) is 5.75 Å². The highest BCUT2D eigenvalue weighted by Gasteiger charge is 2.44. The Morgan fingerprint density at radius 1 is 0.943 bits per heavy atom. The number of carbonyl (C=O) groups excluding carboxylic acids is 1. The largest absolute Gasteiger partial charge is 0.489 e. The summed E-state index contributed by atoms with van der Waals surface area (Å²) in [4.78, 5) is 28.9. The van der Waals surface area contributed by atoms with Gasteiger partial charge in [-0.15, -0.1) is 0 Å². The highest BCUT2D eigenvalue weighted by molar-refractivity contribution is 5.99. The molecule has 0 unspecified atom stereocenters. The SMILES string of the molecule is O=C1c2oc3ccccc3c(=O)c2[C@@H](c2cccc(OCc3ccccc3)c2)N1C[C@@H]1CCCO1. The minimum absolute atomic E-state index is 0.0576. The Balaban J connectivity index is 1.41. The van der Waals surface area contributed by atoms with Gasteiger partial charge in [0.1, 0.15) is 17.9 Å². The van der Waals surface area contributed by atoms with Crippen molar-refractivity contribution in [2.45, 2.75) is 31.6 Å². The van der Waals surface area contributed by atoms with Gasteiger partial charge < -0.3 is 18.8 Å². The number of amides is 1. The van der Waals surface area contributed by atoms with Gasteiger partial charge in [-0.3, -0.25) is 9.59 Å². The van der Waals surface area contributed by atoms with Gasteiger partial charge in [-0.05, 0) is 48.2 Å². The van der Waals surface area contributed by atoms with Crippen molar-refractivity contribution in [3.05, 3.63) is 112 Å². The van der Waals surface area contributed by atoms with Crippen LogP contribution in [0.15, 0.2) is 88.1 Å². The third kappa shape index (κ3) is 4.00. The van der Waals surface area contributed by atoms with Crippen LogP contribution in [0.3, 0.4) is 0 Å². The smallest absolute Gasteiger partial charge is 0.291 e. The molecule has 3 heterocycles. The average Bonchev–Trinajstić information content (AvgIpc) is 3.51. The van der Waals surface area contributed by atoms with Crippen LogP contribution in [-0.2, 0) is 11.3 Å². The van der Waals surface area contributed by atoms with E-state index >= 15 is 0 Å². The summed E-state index contributed by atoms with van der Waals surface area (Å²) in [5, 5.41) is 0.472. The third-order valence-electron chi connectivity index (χ3n) is 6.72. The molecule has 0 N–H and O–H groups in total. The molecule has 0 aliphatic carbocycles. The molecule has 2 aliphatic heterocycles. The lowest BCUT2D eigenvalue weighted by Gasteiger charge is -2.27. The number of benzene rings is 3. The predicted octanol–water partition coefficient (Wildman–Crippen LogP) is 5.10. The highest BCUT2D eigenvalue weighted by atomic mass is 16.5. The lowest BCUT2D eigenvalue weighted by molar-refractivity contribution is 0.0486. The van der Waals surface area contributed by atoms with Crippen molar-refractivity contribution >= 4 is 16.9 Å². The third-order valence-corrected chi connectivity index (χ3v) is 6.72. The van der Waals surface area contributed by atoms with Crippen LogP contribution in [-0.4, -0.2) is 30.1 Å². The van der Waals surface area contributed by atoms with Gasteiger partial charge >= 0.3 is 0 Å². The van der Waals surface area contributed by atoms with E-state index in [1.54, 1.807) is 29.2 Å². The van der Waals surface area contributed by atoms with E-state index in [-0.39, 0.29) is 23.2 Å². The average molecular weight is 468 g/mol. The van der Waals surface area contributed by atoms with E-state index in [0.29, 0.717) is 42.0 Å². The van der Waals surface area contributed by atoms with Crippen molar-refractivity contribution in [2.75, 3.05) is 13.2 Å². The summed E-state index contributed by atoms with van der Waals surface area (Å²) in [6.45, 7) is 1.52. The Labute approximate surface area is 202 Å². The summed E-state index contributed by atoms with van der Waals surface area (Å²) in [6, 6.07) is 24.1. The summed E-state index contributed by atoms with van der Waals surface area (Å²) < 4.78 is 17.9. The minimum Gasteiger partial charge on any atom is -0.489 e. The number of hydrogen-bond donors (Lipinski definition) is 0. The van der Waals surface area contributed by atoms with E-state index in [4.69, 9.17) is 13.9 Å². The summed E-state index contributed by atoms with van der Waals surface area (Å²) in [7, 11) is 0. The van der Waals surface area contributed by atoms with Crippen LogP contribution >= 0.6 is 0 Å². The normalized spacial score (nSPS) is 19.3. The van der Waals surface area contributed by atoms with Crippen LogP contribution in [0.2, 0.25) is 0 Å². The Morgan fingerprint density at radius 3 is 2.60 bits per heavy atom. The first-order valence-corrected chi connectivity index (χ1v) is 11.9. The molecule has 1 fully saturated rings. The second-order valence-corrected chi connectivity index (χ2v) is 9.01. The first-order chi connectivity index (χ1) is 17.2. The molecule has 0 saturated carbocycles. The molecule has 0 radical (unpaired) electrons. The molecule has 4 aromatic rings. The van der Waals surface area contributed by atoms with Gasteiger partial charge in [0.25, 0.3) is 5.91 Å². The maximum Gasteiger partial charge on any atom is 0.291 e. The fraction of sp³-hybridized carbons (Fsp3) is 0.241. The van der Waals surface area contributed by atoms with Crippen LogP contribution in [0.4, 0.5) is 0 Å². The molecule has 0 bridgehead atoms. The first kappa shape index (κ1) is 21.6. The number of carbonyl (C=O) groups is 1. The Morgan fingerprint density at radius 2 is 1.77 bits per heavy atom. The lowest BCUT2D eigenvalue weighted by Crippen LogP contribution is -2.36. The summed E-state index contributed by atoms with van der Waals surface area (Å²) in [5.41, 5.74) is 2.49. The van der Waals surface area contributed by atoms with Gasteiger partial charge in [-0.2, -0.15) is 0 Å². The molecule has 1 saturated heterocycles. The van der Waals surface area contributed by atoms with Gasteiger partial charge in [-0.1, -0.05) is 54.6 Å². The minimum atomic E-state index is -0.567. The zero-order chi connectivity index (χ0) is 23.8. The molecular weight excluding hydrogens is 442 g/mol. The van der Waals surface area contributed by atoms with Crippen molar-refractivity contribution in [3.8, 4) is 5.75 Å². The molecule has 6 nitrogen and oxygen atoms in total. The Kier molecular flexibility index (Phi) is 5.58. The Bertz CT molecular complexity index is 1440. The summed E-state index contributed by atoms with van der Waals surface area (Å²) in [5.74, 6) is 0.515. The fourth-order valence-corrected chi connectivity index (χ4v) is 5.03. The fourth-order valence-electron chi connectivity index (χ4n) is 5.03. The van der Waals surface area contributed by atoms with Crippen molar-refractivity contribution in [1.82, 2.24) is 4.90 Å². The van der Waals surface area contributed by atoms with Crippen LogP contribution in [0.25, 0.3) is 11.0 Å². The highest BCUT2D eigenvalue weighted by Crippen LogP contribution is 2.39. The molecule has 2 atom stereocenters. The molecule has 176 valence electrons.